The van der Waals surface area contributed by atoms with Crippen LogP contribution >= 0.6 is 0 Å². The molecule has 1 rings (SSSR count). The van der Waals surface area contributed by atoms with Crippen molar-refractivity contribution in [3.63, 3.8) is 0 Å². The minimum Gasteiger partial charge on any atom is -0.490 e. The first kappa shape index (κ1) is 26.5. The number of hydrogen-bond acceptors (Lipinski definition) is 4. The Morgan fingerprint density at radius 2 is 0.967 bits per heavy atom. The molecule has 1 aromatic rings. The highest BCUT2D eigenvalue weighted by Gasteiger charge is 2.12. The zero-order valence-corrected chi connectivity index (χ0v) is 20.5. The van der Waals surface area contributed by atoms with E-state index in [0.29, 0.717) is 47.9 Å². The highest BCUT2D eigenvalue weighted by Crippen LogP contribution is 2.34. The lowest BCUT2D eigenvalue weighted by molar-refractivity contribution is 0.237. The third-order valence-electron chi connectivity index (χ3n) is 5.84. The van der Waals surface area contributed by atoms with Crippen LogP contribution in [0.1, 0.15) is 92.9 Å². The molecule has 174 valence electrons. The van der Waals surface area contributed by atoms with Gasteiger partial charge in [-0.05, 0) is 36.5 Å². The van der Waals surface area contributed by atoms with Crippen LogP contribution in [-0.2, 0) is 0 Å². The third-order valence-corrected chi connectivity index (χ3v) is 5.84. The van der Waals surface area contributed by atoms with E-state index in [9.17, 15) is 0 Å². The molecule has 0 bridgehead atoms. The fourth-order valence-corrected chi connectivity index (χ4v) is 3.59. The summed E-state index contributed by atoms with van der Waals surface area (Å²) in [6, 6.07) is 3.61. The van der Waals surface area contributed by atoms with Crippen molar-refractivity contribution in [2.24, 2.45) is 23.7 Å². The highest BCUT2D eigenvalue weighted by molar-refractivity contribution is 5.69. The molecule has 2 unspecified atom stereocenters. The van der Waals surface area contributed by atoms with Crippen molar-refractivity contribution in [2.45, 2.75) is 92.9 Å². The summed E-state index contributed by atoms with van der Waals surface area (Å²) >= 11 is 0. The van der Waals surface area contributed by atoms with Crippen LogP contribution in [0.5, 0.6) is 11.5 Å². The maximum absolute atomic E-state index is 6.06. The molecule has 0 spiro atoms. The van der Waals surface area contributed by atoms with Crippen LogP contribution in [0.2, 0.25) is 0 Å². The molecule has 0 amide bonds. The van der Waals surface area contributed by atoms with E-state index >= 15 is 0 Å². The van der Waals surface area contributed by atoms with Gasteiger partial charge in [0.05, 0.1) is 24.6 Å². The van der Waals surface area contributed by atoms with E-state index in [1.165, 1.54) is 38.5 Å². The molecule has 4 nitrogen and oxygen atoms in total. The Morgan fingerprint density at radius 3 is 1.30 bits per heavy atom. The van der Waals surface area contributed by atoms with Crippen LogP contribution in [0.25, 0.3) is 0 Å². The van der Waals surface area contributed by atoms with E-state index in [1.807, 2.05) is 0 Å². The summed E-state index contributed by atoms with van der Waals surface area (Å²) in [6.45, 7) is 15.1. The van der Waals surface area contributed by atoms with Crippen molar-refractivity contribution in [3.8, 4) is 11.5 Å². The summed E-state index contributed by atoms with van der Waals surface area (Å²) in [4.78, 5) is 0. The van der Waals surface area contributed by atoms with Gasteiger partial charge in [0.25, 0.3) is 0 Å². The van der Waals surface area contributed by atoms with Gasteiger partial charge >= 0.3 is 0 Å². The van der Waals surface area contributed by atoms with Crippen molar-refractivity contribution in [3.05, 3.63) is 12.1 Å². The molecule has 0 saturated carbocycles. The quantitative estimate of drug-likeness (QED) is 0.275. The normalized spacial score (nSPS) is 13.6. The number of hydrogen-bond donors (Lipinski definition) is 2. The molecule has 0 fully saturated rings. The lowest BCUT2D eigenvalue weighted by Crippen LogP contribution is -2.09. The third kappa shape index (κ3) is 11.6. The van der Waals surface area contributed by atoms with Crippen molar-refractivity contribution in [1.82, 2.24) is 0 Å². The molecule has 2 atom stereocenters. The summed E-state index contributed by atoms with van der Waals surface area (Å²) < 4.78 is 12.1. The fraction of sp³-hybridized carbons (Fsp3) is 0.769. The van der Waals surface area contributed by atoms with Crippen LogP contribution in [-0.4, -0.2) is 13.2 Å². The van der Waals surface area contributed by atoms with Gasteiger partial charge in [0, 0.05) is 12.1 Å². The second-order valence-electron chi connectivity index (χ2n) is 10.1. The molecule has 4 N–H and O–H groups in total. The van der Waals surface area contributed by atoms with E-state index < -0.39 is 0 Å². The molecule has 0 aliphatic heterocycles. The first-order chi connectivity index (χ1) is 14.2. The van der Waals surface area contributed by atoms with Crippen molar-refractivity contribution in [2.75, 3.05) is 24.7 Å². The van der Waals surface area contributed by atoms with E-state index in [0.717, 1.165) is 24.7 Å². The Labute approximate surface area is 186 Å². The molecular weight excluding hydrogens is 372 g/mol. The van der Waals surface area contributed by atoms with Crippen LogP contribution in [0.15, 0.2) is 12.1 Å². The van der Waals surface area contributed by atoms with Gasteiger partial charge in [0.2, 0.25) is 0 Å². The smallest absolute Gasteiger partial charge is 0.163 e. The summed E-state index contributed by atoms with van der Waals surface area (Å²) in [7, 11) is 0. The number of anilines is 2. The van der Waals surface area contributed by atoms with Gasteiger partial charge in [0.15, 0.2) is 11.5 Å². The number of nitrogen functional groups attached to an aromatic ring is 2. The molecule has 30 heavy (non-hydrogen) atoms. The number of nitrogens with two attached hydrogens (primary N) is 2. The zero-order valence-electron chi connectivity index (χ0n) is 20.5. The lowest BCUT2D eigenvalue weighted by atomic mass is 9.97. The van der Waals surface area contributed by atoms with Gasteiger partial charge in [-0.25, -0.2) is 0 Å². The Balaban J connectivity index is 2.47. The minimum atomic E-state index is 0.546. The number of rotatable bonds is 16. The van der Waals surface area contributed by atoms with Crippen LogP contribution in [0.3, 0.4) is 0 Å². The molecular formula is C26H48N2O2. The van der Waals surface area contributed by atoms with Gasteiger partial charge in [-0.1, -0.05) is 80.1 Å². The largest absolute Gasteiger partial charge is 0.490 e. The second kappa shape index (κ2) is 14.4. The predicted octanol–water partition coefficient (Wildman–Crippen LogP) is 7.31. The molecule has 0 radical (unpaired) electrons. The summed E-state index contributed by atoms with van der Waals surface area (Å²) in [5.74, 6) is 4.30. The molecule has 0 aliphatic rings. The van der Waals surface area contributed by atoms with Crippen molar-refractivity contribution in [1.29, 1.82) is 0 Å². The van der Waals surface area contributed by atoms with Gasteiger partial charge in [-0.15, -0.1) is 0 Å². The van der Waals surface area contributed by atoms with Crippen LogP contribution in [0, 0.1) is 23.7 Å². The Bertz CT molecular complexity index is 536. The molecule has 0 aromatic heterocycles. The van der Waals surface area contributed by atoms with E-state index in [2.05, 4.69) is 41.5 Å². The lowest BCUT2D eigenvalue weighted by Gasteiger charge is -2.18. The predicted molar refractivity (Wildman–Crippen MR) is 131 cm³/mol. The van der Waals surface area contributed by atoms with E-state index in [4.69, 9.17) is 20.9 Å². The average molecular weight is 421 g/mol. The monoisotopic (exact) mass is 420 g/mol. The maximum atomic E-state index is 6.06. The van der Waals surface area contributed by atoms with E-state index in [1.54, 1.807) is 12.1 Å². The average Bonchev–Trinajstić information content (AvgIpc) is 2.64. The Kier molecular flexibility index (Phi) is 12.7. The second-order valence-corrected chi connectivity index (χ2v) is 10.1. The molecule has 0 heterocycles. The van der Waals surface area contributed by atoms with Gasteiger partial charge < -0.3 is 20.9 Å². The SMILES string of the molecule is CC(C)CCCC(C)CCOc1cc(N)c(N)cc1OCCC(C)CCCC(C)C. The minimum absolute atomic E-state index is 0.546. The Morgan fingerprint density at radius 1 is 0.600 bits per heavy atom. The first-order valence-electron chi connectivity index (χ1n) is 12.1. The van der Waals surface area contributed by atoms with Crippen molar-refractivity contribution >= 4 is 11.4 Å². The highest BCUT2D eigenvalue weighted by atomic mass is 16.5. The van der Waals surface area contributed by atoms with Gasteiger partial charge in [0.1, 0.15) is 0 Å². The van der Waals surface area contributed by atoms with Gasteiger partial charge in [-0.2, -0.15) is 0 Å². The first-order valence-corrected chi connectivity index (χ1v) is 12.1. The molecule has 4 heteroatoms. The topological polar surface area (TPSA) is 70.5 Å². The van der Waals surface area contributed by atoms with Crippen LogP contribution in [0.4, 0.5) is 11.4 Å². The zero-order chi connectivity index (χ0) is 22.5. The van der Waals surface area contributed by atoms with Crippen molar-refractivity contribution < 1.29 is 9.47 Å². The number of benzene rings is 1. The summed E-state index contributed by atoms with van der Waals surface area (Å²) in [5.41, 5.74) is 13.1. The summed E-state index contributed by atoms with van der Waals surface area (Å²) in [6.07, 6.45) is 9.76. The standard InChI is InChI=1S/C26H48N2O2/c1-19(2)9-7-11-21(5)13-15-29-25-17-23(27)24(28)18-26(25)30-16-14-22(6)12-8-10-20(3)4/h17-22H,7-16,27-28H2,1-6H3. The van der Waals surface area contributed by atoms with Crippen LogP contribution < -0.4 is 20.9 Å². The maximum Gasteiger partial charge on any atom is 0.163 e. The van der Waals surface area contributed by atoms with E-state index in [-0.39, 0.29) is 0 Å². The molecule has 0 saturated heterocycles. The van der Waals surface area contributed by atoms with Gasteiger partial charge in [-0.3, -0.25) is 0 Å². The summed E-state index contributed by atoms with van der Waals surface area (Å²) in [5, 5.41) is 0. The number of ether oxygens (including phenoxy) is 2. The molecule has 1 aromatic carbocycles. The fourth-order valence-electron chi connectivity index (χ4n) is 3.59. The Hall–Kier alpha value is -1.58. The molecule has 0 aliphatic carbocycles.